The largest absolute Gasteiger partial charge is 0.457 e. The minimum atomic E-state index is -0.564. The zero-order chi connectivity index (χ0) is 25.1. The number of allylic oxidation sites excluding steroid dienone is 1. The Morgan fingerprint density at radius 1 is 1.19 bits per heavy atom. The second-order valence-corrected chi connectivity index (χ2v) is 9.19. The van der Waals surface area contributed by atoms with Crippen LogP contribution in [0.1, 0.15) is 24.8 Å². The number of nitrogens with zero attached hydrogens (tertiary/aromatic N) is 3. The van der Waals surface area contributed by atoms with E-state index in [1.54, 1.807) is 30.6 Å². The molecule has 5 rings (SSSR count). The molecule has 1 saturated heterocycles. The summed E-state index contributed by atoms with van der Waals surface area (Å²) in [6.45, 7) is 7.36. The minimum Gasteiger partial charge on any atom is -0.457 e. The number of hydrogen-bond acceptors (Lipinski definition) is 5. The minimum absolute atomic E-state index is 0.0355. The molecule has 0 atom stereocenters. The summed E-state index contributed by atoms with van der Waals surface area (Å²) in [5.41, 5.74) is 2.00. The van der Waals surface area contributed by atoms with Crippen LogP contribution in [0, 0.1) is 18.2 Å². The second kappa shape index (κ2) is 9.81. The fourth-order valence-corrected chi connectivity index (χ4v) is 4.82. The van der Waals surface area contributed by atoms with E-state index in [1.807, 2.05) is 31.3 Å². The van der Waals surface area contributed by atoms with Crippen LogP contribution in [0.3, 0.4) is 0 Å². The molecule has 2 aromatic carbocycles. The molecule has 0 unspecified atom stereocenters. The molecule has 1 fully saturated rings. The Morgan fingerprint density at radius 3 is 2.72 bits per heavy atom. The molecule has 2 N–H and O–H groups in total. The highest BCUT2D eigenvalue weighted by Crippen LogP contribution is 2.39. The monoisotopic (exact) mass is 485 g/mol. The highest BCUT2D eigenvalue weighted by molar-refractivity contribution is 5.96. The standard InChI is InChI=1S/C28H28FN5O2/c1-3-11-28(12-14-34(15-13-28)26-24-19(2)17-30-25(24)31-18-32-26)27(35)33-21-5-4-6-23(16-21)36-22-9-7-20(29)8-10-22/h3-10,16-18H,1,11-15H2,2H3,(H,33,35)(H,30,31,32). The predicted molar refractivity (Wildman–Crippen MR) is 139 cm³/mol. The number of piperidine rings is 1. The van der Waals surface area contributed by atoms with Gasteiger partial charge in [0, 0.05) is 31.0 Å². The molecule has 36 heavy (non-hydrogen) atoms. The molecule has 0 spiro atoms. The van der Waals surface area contributed by atoms with Crippen LogP contribution in [0.2, 0.25) is 0 Å². The SMILES string of the molecule is C=CCC1(C(=O)Nc2cccc(Oc3ccc(F)cc3)c2)CCN(c2ncnc3[nH]cc(C)c23)CC1. The summed E-state index contributed by atoms with van der Waals surface area (Å²) in [7, 11) is 0. The smallest absolute Gasteiger partial charge is 0.231 e. The lowest BCUT2D eigenvalue weighted by atomic mass is 9.74. The van der Waals surface area contributed by atoms with E-state index in [2.05, 4.69) is 31.7 Å². The number of aryl methyl sites for hydroxylation is 1. The van der Waals surface area contributed by atoms with Gasteiger partial charge in [-0.15, -0.1) is 6.58 Å². The average molecular weight is 486 g/mol. The van der Waals surface area contributed by atoms with Crippen LogP contribution in [0.4, 0.5) is 15.9 Å². The van der Waals surface area contributed by atoms with Gasteiger partial charge >= 0.3 is 0 Å². The lowest BCUT2D eigenvalue weighted by Gasteiger charge is -2.40. The molecular weight excluding hydrogens is 457 g/mol. The van der Waals surface area contributed by atoms with E-state index in [0.717, 1.165) is 22.4 Å². The third-order valence-corrected chi connectivity index (χ3v) is 6.83. The van der Waals surface area contributed by atoms with Crippen molar-refractivity contribution in [2.24, 2.45) is 5.41 Å². The summed E-state index contributed by atoms with van der Waals surface area (Å²) < 4.78 is 19.0. The number of amides is 1. The van der Waals surface area contributed by atoms with Crippen molar-refractivity contribution in [1.29, 1.82) is 0 Å². The number of anilines is 2. The number of halogens is 1. The zero-order valence-electron chi connectivity index (χ0n) is 20.1. The molecule has 0 bridgehead atoms. The van der Waals surface area contributed by atoms with Crippen molar-refractivity contribution in [3.05, 3.63) is 85.1 Å². The van der Waals surface area contributed by atoms with Crippen LogP contribution < -0.4 is 15.0 Å². The number of aromatic amines is 1. The van der Waals surface area contributed by atoms with E-state index in [1.165, 1.54) is 12.1 Å². The van der Waals surface area contributed by atoms with E-state index in [-0.39, 0.29) is 11.7 Å². The number of carbonyl (C=O) groups is 1. The molecule has 8 heteroatoms. The molecule has 4 aromatic rings. The van der Waals surface area contributed by atoms with Gasteiger partial charge in [0.15, 0.2) is 0 Å². The van der Waals surface area contributed by atoms with E-state index in [4.69, 9.17) is 4.74 Å². The first-order chi connectivity index (χ1) is 17.5. The Labute approximate surface area is 209 Å². The van der Waals surface area contributed by atoms with Crippen LogP contribution in [0.5, 0.6) is 11.5 Å². The van der Waals surface area contributed by atoms with Crippen molar-refractivity contribution in [2.45, 2.75) is 26.2 Å². The molecule has 0 aliphatic carbocycles. The summed E-state index contributed by atoms with van der Waals surface area (Å²) >= 11 is 0. The van der Waals surface area contributed by atoms with Crippen LogP contribution in [-0.2, 0) is 4.79 Å². The topological polar surface area (TPSA) is 83.1 Å². The van der Waals surface area contributed by atoms with Gasteiger partial charge in [0.2, 0.25) is 5.91 Å². The molecular formula is C28H28FN5O2. The van der Waals surface area contributed by atoms with E-state index < -0.39 is 5.41 Å². The molecule has 7 nitrogen and oxygen atoms in total. The number of fused-ring (bicyclic) bond motifs is 1. The second-order valence-electron chi connectivity index (χ2n) is 9.19. The van der Waals surface area contributed by atoms with Crippen molar-refractivity contribution >= 4 is 28.4 Å². The number of carbonyl (C=O) groups excluding carboxylic acids is 1. The van der Waals surface area contributed by atoms with Crippen molar-refractivity contribution in [3.63, 3.8) is 0 Å². The van der Waals surface area contributed by atoms with Crippen LogP contribution >= 0.6 is 0 Å². The molecule has 1 aliphatic rings. The Morgan fingerprint density at radius 2 is 1.97 bits per heavy atom. The highest BCUT2D eigenvalue weighted by Gasteiger charge is 2.41. The zero-order valence-corrected chi connectivity index (χ0v) is 20.1. The van der Waals surface area contributed by atoms with Crippen LogP contribution in [0.25, 0.3) is 11.0 Å². The molecule has 1 amide bonds. The predicted octanol–water partition coefficient (Wildman–Crippen LogP) is 6.00. The summed E-state index contributed by atoms with van der Waals surface area (Å²) in [6.07, 6.45) is 7.27. The van der Waals surface area contributed by atoms with Gasteiger partial charge in [-0.25, -0.2) is 14.4 Å². The molecule has 184 valence electrons. The van der Waals surface area contributed by atoms with Crippen molar-refractivity contribution in [1.82, 2.24) is 15.0 Å². The number of aromatic nitrogens is 3. The van der Waals surface area contributed by atoms with Crippen molar-refractivity contribution < 1.29 is 13.9 Å². The van der Waals surface area contributed by atoms with Gasteiger partial charge in [-0.1, -0.05) is 12.1 Å². The van der Waals surface area contributed by atoms with Gasteiger partial charge < -0.3 is 19.9 Å². The Balaban J connectivity index is 1.30. The van der Waals surface area contributed by atoms with E-state index in [9.17, 15) is 9.18 Å². The summed E-state index contributed by atoms with van der Waals surface area (Å²) in [5.74, 6) is 1.62. The number of rotatable bonds is 7. The summed E-state index contributed by atoms with van der Waals surface area (Å²) in [5, 5.41) is 4.11. The molecule has 1 aliphatic heterocycles. The number of nitrogens with one attached hydrogen (secondary N) is 2. The van der Waals surface area contributed by atoms with Gasteiger partial charge in [0.05, 0.1) is 10.8 Å². The normalized spacial score (nSPS) is 15.0. The molecule has 3 heterocycles. The van der Waals surface area contributed by atoms with Gasteiger partial charge in [0.1, 0.15) is 35.1 Å². The first kappa shape index (κ1) is 23.5. The van der Waals surface area contributed by atoms with Gasteiger partial charge in [0.25, 0.3) is 0 Å². The Kier molecular flexibility index (Phi) is 6.41. The van der Waals surface area contributed by atoms with Crippen molar-refractivity contribution in [3.8, 4) is 11.5 Å². The lowest BCUT2D eigenvalue weighted by Crippen LogP contribution is -2.46. The Bertz CT molecular complexity index is 1390. The van der Waals surface area contributed by atoms with Crippen LogP contribution in [0.15, 0.2) is 73.7 Å². The maximum Gasteiger partial charge on any atom is 0.231 e. The number of hydrogen-bond donors (Lipinski definition) is 2. The fraction of sp³-hybridized carbons (Fsp3) is 0.250. The first-order valence-corrected chi connectivity index (χ1v) is 12.0. The summed E-state index contributed by atoms with van der Waals surface area (Å²) in [4.78, 5) is 27.9. The van der Waals surface area contributed by atoms with E-state index >= 15 is 0 Å². The van der Waals surface area contributed by atoms with Crippen molar-refractivity contribution in [2.75, 3.05) is 23.3 Å². The molecule has 2 aromatic heterocycles. The third-order valence-electron chi connectivity index (χ3n) is 6.83. The maximum atomic E-state index is 13.6. The Hall–Kier alpha value is -4.20. The highest BCUT2D eigenvalue weighted by atomic mass is 19.1. The van der Waals surface area contributed by atoms with Crippen LogP contribution in [-0.4, -0.2) is 33.9 Å². The number of ether oxygens (including phenoxy) is 1. The maximum absolute atomic E-state index is 13.6. The molecule has 0 saturated carbocycles. The quantitative estimate of drug-likeness (QED) is 0.314. The number of benzene rings is 2. The van der Waals surface area contributed by atoms with Gasteiger partial charge in [-0.3, -0.25) is 4.79 Å². The number of H-pyrrole nitrogens is 1. The van der Waals surface area contributed by atoms with Gasteiger partial charge in [-0.05, 0) is 68.1 Å². The summed E-state index contributed by atoms with van der Waals surface area (Å²) in [6, 6.07) is 13.0. The fourth-order valence-electron chi connectivity index (χ4n) is 4.82. The average Bonchev–Trinajstić information content (AvgIpc) is 3.27. The third kappa shape index (κ3) is 4.66. The molecule has 0 radical (unpaired) electrons. The van der Waals surface area contributed by atoms with Gasteiger partial charge in [-0.2, -0.15) is 0 Å². The van der Waals surface area contributed by atoms with E-state index in [0.29, 0.717) is 49.5 Å². The lowest BCUT2D eigenvalue weighted by molar-refractivity contribution is -0.126. The first-order valence-electron chi connectivity index (χ1n) is 12.0.